The van der Waals surface area contributed by atoms with Crippen LogP contribution in [0.2, 0.25) is 0 Å². The average Bonchev–Trinajstić information content (AvgIpc) is 3.15. The van der Waals surface area contributed by atoms with Gasteiger partial charge >= 0.3 is 5.97 Å². The summed E-state index contributed by atoms with van der Waals surface area (Å²) < 4.78 is 10.2. The van der Waals surface area contributed by atoms with E-state index < -0.39 is 11.9 Å². The molecule has 1 atom stereocenters. The van der Waals surface area contributed by atoms with Crippen molar-refractivity contribution in [1.29, 1.82) is 0 Å². The van der Waals surface area contributed by atoms with Gasteiger partial charge in [0.15, 0.2) is 0 Å². The number of hydrogen-bond acceptors (Lipinski definition) is 5. The molecule has 1 N–H and O–H groups in total. The molecule has 0 bridgehead atoms. The number of methoxy groups -OCH3 is 1. The van der Waals surface area contributed by atoms with E-state index in [9.17, 15) is 14.4 Å². The molecule has 156 valence electrons. The summed E-state index contributed by atoms with van der Waals surface area (Å²) in [6, 6.07) is 14.3. The van der Waals surface area contributed by atoms with Crippen molar-refractivity contribution in [2.75, 3.05) is 30.5 Å². The van der Waals surface area contributed by atoms with Crippen LogP contribution in [0.15, 0.2) is 54.6 Å². The molecule has 0 spiro atoms. The van der Waals surface area contributed by atoms with E-state index in [-0.39, 0.29) is 18.2 Å². The lowest BCUT2D eigenvalue weighted by Gasteiger charge is -2.19. The smallest absolute Gasteiger partial charge is 0.330 e. The summed E-state index contributed by atoms with van der Waals surface area (Å²) >= 11 is 0. The molecule has 1 saturated heterocycles. The van der Waals surface area contributed by atoms with Crippen LogP contribution in [0.4, 0.5) is 11.4 Å². The number of carbonyl (C=O) groups excluding carboxylic acids is 3. The number of carbonyl (C=O) groups is 3. The van der Waals surface area contributed by atoms with Gasteiger partial charge in [0.05, 0.1) is 25.3 Å². The molecule has 0 aromatic heterocycles. The number of amides is 2. The first kappa shape index (κ1) is 21.1. The lowest BCUT2D eigenvalue weighted by molar-refractivity contribution is -0.137. The lowest BCUT2D eigenvalue weighted by Crippen LogP contribution is -2.28. The molecular weight excluding hydrogens is 384 g/mol. The van der Waals surface area contributed by atoms with Gasteiger partial charge in [0.2, 0.25) is 11.8 Å². The van der Waals surface area contributed by atoms with Gasteiger partial charge in [-0.2, -0.15) is 0 Å². The van der Waals surface area contributed by atoms with Crippen molar-refractivity contribution in [3.05, 3.63) is 60.2 Å². The SMILES string of the molecule is CCOC(=O)/C=C/c1ccc(NC(=O)C2CC(=O)N(c3ccccc3OC)C2)cc1. The van der Waals surface area contributed by atoms with E-state index in [4.69, 9.17) is 9.47 Å². The van der Waals surface area contributed by atoms with Crippen LogP contribution < -0.4 is 15.0 Å². The minimum absolute atomic E-state index is 0.112. The molecule has 1 fully saturated rings. The molecule has 0 aliphatic carbocycles. The second kappa shape index (κ2) is 9.73. The Morgan fingerprint density at radius 1 is 1.17 bits per heavy atom. The molecule has 1 aliphatic rings. The number of ether oxygens (including phenoxy) is 2. The highest BCUT2D eigenvalue weighted by Gasteiger charge is 2.36. The van der Waals surface area contributed by atoms with Crippen molar-refractivity contribution in [2.45, 2.75) is 13.3 Å². The topological polar surface area (TPSA) is 84.9 Å². The molecule has 3 rings (SSSR count). The fraction of sp³-hybridized carbons (Fsp3) is 0.261. The van der Waals surface area contributed by atoms with Gasteiger partial charge in [-0.05, 0) is 42.8 Å². The Bertz CT molecular complexity index is 952. The first-order chi connectivity index (χ1) is 14.5. The third-order valence-corrected chi connectivity index (χ3v) is 4.75. The number of rotatable bonds is 7. The number of benzene rings is 2. The molecule has 1 heterocycles. The predicted molar refractivity (Wildman–Crippen MR) is 114 cm³/mol. The van der Waals surface area contributed by atoms with E-state index in [1.807, 2.05) is 12.1 Å². The Kier molecular flexibility index (Phi) is 6.85. The summed E-state index contributed by atoms with van der Waals surface area (Å²) in [5.74, 6) is -0.584. The largest absolute Gasteiger partial charge is 0.495 e. The quantitative estimate of drug-likeness (QED) is 0.561. The number of nitrogens with zero attached hydrogens (tertiary/aromatic N) is 1. The maximum atomic E-state index is 12.7. The van der Waals surface area contributed by atoms with Crippen LogP contribution in [-0.2, 0) is 19.1 Å². The third kappa shape index (κ3) is 5.05. The van der Waals surface area contributed by atoms with Crippen molar-refractivity contribution in [3.8, 4) is 5.75 Å². The van der Waals surface area contributed by atoms with E-state index in [1.54, 1.807) is 61.4 Å². The Balaban J connectivity index is 1.61. The van der Waals surface area contributed by atoms with Crippen molar-refractivity contribution >= 4 is 35.2 Å². The van der Waals surface area contributed by atoms with E-state index in [1.165, 1.54) is 6.08 Å². The van der Waals surface area contributed by atoms with Gasteiger partial charge in [-0.1, -0.05) is 24.3 Å². The summed E-state index contributed by atoms with van der Waals surface area (Å²) in [7, 11) is 1.55. The van der Waals surface area contributed by atoms with E-state index >= 15 is 0 Å². The van der Waals surface area contributed by atoms with Gasteiger partial charge in [-0.15, -0.1) is 0 Å². The maximum Gasteiger partial charge on any atom is 0.330 e. The molecule has 0 saturated carbocycles. The second-order valence-electron chi connectivity index (χ2n) is 6.77. The molecule has 0 radical (unpaired) electrons. The Morgan fingerprint density at radius 3 is 2.60 bits per heavy atom. The van der Waals surface area contributed by atoms with Crippen LogP contribution in [0.3, 0.4) is 0 Å². The number of nitrogens with one attached hydrogen (secondary N) is 1. The minimum atomic E-state index is -0.453. The van der Waals surface area contributed by atoms with Crippen molar-refractivity contribution in [2.24, 2.45) is 5.92 Å². The van der Waals surface area contributed by atoms with E-state index in [0.717, 1.165) is 5.56 Å². The fourth-order valence-electron chi connectivity index (χ4n) is 3.25. The van der Waals surface area contributed by atoms with Crippen LogP contribution >= 0.6 is 0 Å². The van der Waals surface area contributed by atoms with E-state index in [0.29, 0.717) is 30.3 Å². The standard InChI is InChI=1S/C23H24N2O5/c1-3-30-22(27)13-10-16-8-11-18(12-9-16)24-23(28)17-14-21(26)25(15-17)19-6-4-5-7-20(19)29-2/h4-13,17H,3,14-15H2,1-2H3,(H,24,28)/b13-10+. The number of para-hydroxylation sites is 2. The highest BCUT2D eigenvalue weighted by Crippen LogP contribution is 2.33. The van der Waals surface area contributed by atoms with Crippen LogP contribution in [0.5, 0.6) is 5.75 Å². The molecule has 2 aromatic rings. The second-order valence-corrected chi connectivity index (χ2v) is 6.77. The van der Waals surface area contributed by atoms with Crippen LogP contribution in [-0.4, -0.2) is 38.0 Å². The zero-order valence-electron chi connectivity index (χ0n) is 17.0. The summed E-state index contributed by atoms with van der Waals surface area (Å²) in [4.78, 5) is 38.1. The molecule has 1 aliphatic heterocycles. The molecule has 7 heteroatoms. The monoisotopic (exact) mass is 408 g/mol. The zero-order chi connectivity index (χ0) is 21.5. The number of hydrogen-bond donors (Lipinski definition) is 1. The Hall–Kier alpha value is -3.61. The summed E-state index contributed by atoms with van der Waals surface area (Å²) in [6.07, 6.45) is 3.14. The van der Waals surface area contributed by atoms with Crippen molar-refractivity contribution < 1.29 is 23.9 Å². The molecule has 7 nitrogen and oxygen atoms in total. The normalized spacial score (nSPS) is 16.0. The van der Waals surface area contributed by atoms with Crippen molar-refractivity contribution in [1.82, 2.24) is 0 Å². The number of anilines is 2. The summed E-state index contributed by atoms with van der Waals surface area (Å²) in [6.45, 7) is 2.37. The first-order valence-electron chi connectivity index (χ1n) is 9.71. The van der Waals surface area contributed by atoms with Gasteiger partial charge in [-0.25, -0.2) is 4.79 Å². The van der Waals surface area contributed by atoms with Gasteiger partial charge < -0.3 is 19.7 Å². The van der Waals surface area contributed by atoms with Gasteiger partial charge in [0.1, 0.15) is 5.75 Å². The van der Waals surface area contributed by atoms with Crippen LogP contribution in [0.25, 0.3) is 6.08 Å². The van der Waals surface area contributed by atoms with Crippen LogP contribution in [0, 0.1) is 5.92 Å². The third-order valence-electron chi connectivity index (χ3n) is 4.75. The summed E-state index contributed by atoms with van der Waals surface area (Å²) in [5, 5.41) is 2.85. The van der Waals surface area contributed by atoms with Gasteiger partial charge in [0.25, 0.3) is 0 Å². The highest BCUT2D eigenvalue weighted by molar-refractivity contribution is 6.04. The van der Waals surface area contributed by atoms with Crippen molar-refractivity contribution in [3.63, 3.8) is 0 Å². The predicted octanol–water partition coefficient (Wildman–Crippen LogP) is 3.26. The molecule has 30 heavy (non-hydrogen) atoms. The minimum Gasteiger partial charge on any atom is -0.495 e. The molecular formula is C23H24N2O5. The molecule has 1 unspecified atom stereocenters. The van der Waals surface area contributed by atoms with Crippen LogP contribution in [0.1, 0.15) is 18.9 Å². The zero-order valence-corrected chi connectivity index (χ0v) is 17.0. The fourth-order valence-corrected chi connectivity index (χ4v) is 3.25. The maximum absolute atomic E-state index is 12.7. The molecule has 2 aromatic carbocycles. The Morgan fingerprint density at radius 2 is 1.90 bits per heavy atom. The molecule has 2 amide bonds. The van der Waals surface area contributed by atoms with E-state index in [2.05, 4.69) is 5.32 Å². The Labute approximate surface area is 175 Å². The summed E-state index contributed by atoms with van der Waals surface area (Å²) in [5.41, 5.74) is 2.09. The van der Waals surface area contributed by atoms with Gasteiger partial charge in [0, 0.05) is 24.7 Å². The highest BCUT2D eigenvalue weighted by atomic mass is 16.5. The first-order valence-corrected chi connectivity index (χ1v) is 9.71. The van der Waals surface area contributed by atoms with Gasteiger partial charge in [-0.3, -0.25) is 9.59 Å². The average molecular weight is 408 g/mol. The number of esters is 1. The lowest BCUT2D eigenvalue weighted by atomic mass is 10.1.